The highest BCUT2D eigenvalue weighted by molar-refractivity contribution is 9.10. The third-order valence-corrected chi connectivity index (χ3v) is 4.06. The zero-order valence-electron chi connectivity index (χ0n) is 11.1. The van der Waals surface area contributed by atoms with Crippen LogP contribution in [0, 0.1) is 12.7 Å². The van der Waals surface area contributed by atoms with E-state index in [0.717, 1.165) is 27.9 Å². The van der Waals surface area contributed by atoms with E-state index in [2.05, 4.69) is 40.3 Å². The fraction of sp³-hybridized carbons (Fsp3) is 0.250. The molecule has 2 aromatic rings. The number of hydrogen-bond donors (Lipinski definition) is 1. The summed E-state index contributed by atoms with van der Waals surface area (Å²) in [6.07, 6.45) is 0.781. The van der Waals surface area contributed by atoms with Crippen LogP contribution in [0.3, 0.4) is 0 Å². The van der Waals surface area contributed by atoms with Crippen LogP contribution >= 0.6 is 15.9 Å². The average molecular weight is 336 g/mol. The van der Waals surface area contributed by atoms with Crippen molar-refractivity contribution in [1.29, 1.82) is 0 Å². The van der Waals surface area contributed by atoms with E-state index in [1.165, 1.54) is 11.6 Å². The van der Waals surface area contributed by atoms with E-state index in [4.69, 9.17) is 4.74 Å². The maximum Gasteiger partial charge on any atom is 0.123 e. The summed E-state index contributed by atoms with van der Waals surface area (Å²) in [6.45, 7) is 2.75. The lowest BCUT2D eigenvalue weighted by atomic mass is 10.1. The molecular formula is C16H15BrFNO. The van der Waals surface area contributed by atoms with Crippen molar-refractivity contribution in [3.8, 4) is 5.75 Å². The smallest absolute Gasteiger partial charge is 0.123 e. The van der Waals surface area contributed by atoms with Gasteiger partial charge >= 0.3 is 0 Å². The van der Waals surface area contributed by atoms with Crippen molar-refractivity contribution < 1.29 is 9.13 Å². The molecule has 1 aliphatic rings. The summed E-state index contributed by atoms with van der Waals surface area (Å²) < 4.78 is 20.0. The molecule has 1 atom stereocenters. The molecule has 20 heavy (non-hydrogen) atoms. The Morgan fingerprint density at radius 2 is 2.15 bits per heavy atom. The highest BCUT2D eigenvalue weighted by Gasteiger charge is 2.23. The minimum atomic E-state index is -0.206. The summed E-state index contributed by atoms with van der Waals surface area (Å²) in [6, 6.07) is 10.9. The lowest BCUT2D eigenvalue weighted by Gasteiger charge is -2.14. The van der Waals surface area contributed by atoms with Crippen LogP contribution < -0.4 is 10.1 Å². The summed E-state index contributed by atoms with van der Waals surface area (Å²) in [5, 5.41) is 3.37. The summed E-state index contributed by atoms with van der Waals surface area (Å²) in [4.78, 5) is 0. The summed E-state index contributed by atoms with van der Waals surface area (Å²) in [5.74, 6) is 0.586. The highest BCUT2D eigenvalue weighted by Crippen LogP contribution is 2.30. The Morgan fingerprint density at radius 1 is 1.30 bits per heavy atom. The molecular weight excluding hydrogens is 321 g/mol. The number of fused-ring (bicyclic) bond motifs is 1. The van der Waals surface area contributed by atoms with Gasteiger partial charge in [-0.3, -0.25) is 0 Å². The van der Waals surface area contributed by atoms with Gasteiger partial charge in [-0.15, -0.1) is 0 Å². The van der Waals surface area contributed by atoms with Gasteiger partial charge in [0.15, 0.2) is 0 Å². The Bertz CT molecular complexity index is 644. The molecule has 1 aliphatic heterocycles. The van der Waals surface area contributed by atoms with Crippen LogP contribution in [0.1, 0.15) is 11.1 Å². The monoisotopic (exact) mass is 335 g/mol. The van der Waals surface area contributed by atoms with Gasteiger partial charge < -0.3 is 10.1 Å². The molecule has 0 radical (unpaired) electrons. The molecule has 0 bridgehead atoms. The molecule has 0 spiro atoms. The Kier molecular flexibility index (Phi) is 3.66. The predicted octanol–water partition coefficient (Wildman–Crippen LogP) is 4.31. The molecule has 2 nitrogen and oxygen atoms in total. The normalized spacial score (nSPS) is 16.6. The first kappa shape index (κ1) is 13.4. The van der Waals surface area contributed by atoms with Crippen molar-refractivity contribution in [2.45, 2.75) is 19.4 Å². The van der Waals surface area contributed by atoms with E-state index in [9.17, 15) is 4.39 Å². The predicted molar refractivity (Wildman–Crippen MR) is 81.9 cm³/mol. The zero-order valence-corrected chi connectivity index (χ0v) is 12.7. The van der Waals surface area contributed by atoms with Crippen molar-refractivity contribution in [3.63, 3.8) is 0 Å². The second kappa shape index (κ2) is 5.44. The van der Waals surface area contributed by atoms with Gasteiger partial charge in [-0.1, -0.05) is 6.07 Å². The number of rotatable bonds is 3. The Labute approximate surface area is 126 Å². The van der Waals surface area contributed by atoms with E-state index in [-0.39, 0.29) is 11.9 Å². The molecule has 0 saturated heterocycles. The SMILES string of the molecule is Cc1ccc(NCC2Cc3cc(F)ccc3O2)c(Br)c1. The Morgan fingerprint density at radius 3 is 2.95 bits per heavy atom. The van der Waals surface area contributed by atoms with Gasteiger partial charge in [0.2, 0.25) is 0 Å². The largest absolute Gasteiger partial charge is 0.488 e. The molecule has 1 heterocycles. The van der Waals surface area contributed by atoms with Gasteiger partial charge in [0.05, 0.1) is 6.54 Å². The van der Waals surface area contributed by atoms with E-state index in [1.807, 2.05) is 6.07 Å². The molecule has 0 aromatic heterocycles. The molecule has 0 fully saturated rings. The molecule has 1 unspecified atom stereocenters. The molecule has 1 N–H and O–H groups in total. The zero-order chi connectivity index (χ0) is 14.1. The molecule has 0 aliphatic carbocycles. The molecule has 4 heteroatoms. The third-order valence-electron chi connectivity index (χ3n) is 3.41. The van der Waals surface area contributed by atoms with Gasteiger partial charge in [0, 0.05) is 22.1 Å². The van der Waals surface area contributed by atoms with E-state index in [1.54, 1.807) is 12.1 Å². The van der Waals surface area contributed by atoms with Crippen molar-refractivity contribution >= 4 is 21.6 Å². The van der Waals surface area contributed by atoms with Gasteiger partial charge in [-0.25, -0.2) is 4.39 Å². The van der Waals surface area contributed by atoms with Crippen LogP contribution in [0.25, 0.3) is 0 Å². The molecule has 3 rings (SSSR count). The minimum Gasteiger partial charge on any atom is -0.488 e. The lowest BCUT2D eigenvalue weighted by molar-refractivity contribution is 0.246. The fourth-order valence-electron chi connectivity index (χ4n) is 2.39. The Hall–Kier alpha value is -1.55. The first-order valence-electron chi connectivity index (χ1n) is 6.57. The van der Waals surface area contributed by atoms with Crippen molar-refractivity contribution in [1.82, 2.24) is 0 Å². The third kappa shape index (κ3) is 2.80. The topological polar surface area (TPSA) is 21.3 Å². The first-order chi connectivity index (χ1) is 9.61. The van der Waals surface area contributed by atoms with Crippen LogP contribution in [-0.2, 0) is 6.42 Å². The fourth-order valence-corrected chi connectivity index (χ4v) is 3.02. The standard InChI is InChI=1S/C16H15BrFNO/c1-10-2-4-15(14(17)6-10)19-9-13-8-11-7-12(18)3-5-16(11)20-13/h2-7,13,19H,8-9H2,1H3. The van der Waals surface area contributed by atoms with Crippen molar-refractivity contribution in [3.05, 3.63) is 57.8 Å². The van der Waals surface area contributed by atoms with E-state index < -0.39 is 0 Å². The van der Waals surface area contributed by atoms with Crippen LogP contribution in [-0.4, -0.2) is 12.6 Å². The van der Waals surface area contributed by atoms with Crippen LogP contribution in [0.4, 0.5) is 10.1 Å². The van der Waals surface area contributed by atoms with E-state index >= 15 is 0 Å². The number of halogens is 2. The lowest BCUT2D eigenvalue weighted by Crippen LogP contribution is -2.24. The number of ether oxygens (including phenoxy) is 1. The Balaban J connectivity index is 1.63. The van der Waals surface area contributed by atoms with Gasteiger partial charge in [-0.2, -0.15) is 0 Å². The quantitative estimate of drug-likeness (QED) is 0.902. The first-order valence-corrected chi connectivity index (χ1v) is 7.36. The van der Waals surface area contributed by atoms with Gasteiger partial charge in [0.1, 0.15) is 17.7 Å². The summed E-state index contributed by atoms with van der Waals surface area (Å²) >= 11 is 3.54. The summed E-state index contributed by atoms with van der Waals surface area (Å²) in [5.41, 5.74) is 3.20. The maximum atomic E-state index is 13.2. The second-order valence-corrected chi connectivity index (χ2v) is 5.91. The minimum absolute atomic E-state index is 0.0417. The van der Waals surface area contributed by atoms with Crippen LogP contribution in [0.15, 0.2) is 40.9 Å². The maximum absolute atomic E-state index is 13.2. The number of anilines is 1. The van der Waals surface area contributed by atoms with Gasteiger partial charge in [-0.05, 0) is 58.7 Å². The second-order valence-electron chi connectivity index (χ2n) is 5.06. The number of aryl methyl sites for hydroxylation is 1. The molecule has 104 valence electrons. The number of benzene rings is 2. The van der Waals surface area contributed by atoms with Crippen molar-refractivity contribution in [2.75, 3.05) is 11.9 Å². The number of nitrogens with one attached hydrogen (secondary N) is 1. The summed E-state index contributed by atoms with van der Waals surface area (Å²) in [7, 11) is 0. The molecule has 0 saturated carbocycles. The molecule has 0 amide bonds. The van der Waals surface area contributed by atoms with Crippen molar-refractivity contribution in [2.24, 2.45) is 0 Å². The van der Waals surface area contributed by atoms with Crippen LogP contribution in [0.2, 0.25) is 0 Å². The van der Waals surface area contributed by atoms with E-state index in [0.29, 0.717) is 6.54 Å². The van der Waals surface area contributed by atoms with Gasteiger partial charge in [0.25, 0.3) is 0 Å². The highest BCUT2D eigenvalue weighted by atomic mass is 79.9. The van der Waals surface area contributed by atoms with Crippen LogP contribution in [0.5, 0.6) is 5.75 Å². The molecule has 2 aromatic carbocycles. The average Bonchev–Trinajstić information content (AvgIpc) is 2.79. The number of hydrogen-bond acceptors (Lipinski definition) is 2.